The molecule has 0 saturated heterocycles. The number of hydrogen-bond donors (Lipinski definition) is 3. The zero-order chi connectivity index (χ0) is 14.6. The predicted octanol–water partition coefficient (Wildman–Crippen LogP) is 2.51. The van der Waals surface area contributed by atoms with Crippen LogP contribution in [-0.4, -0.2) is 22.6 Å². The van der Waals surface area contributed by atoms with E-state index in [1.54, 1.807) is 26.8 Å². The lowest BCUT2D eigenvalue weighted by Gasteiger charge is -2.24. The highest BCUT2D eigenvalue weighted by atomic mass is 19.1. The molecule has 104 valence electrons. The van der Waals surface area contributed by atoms with E-state index in [1.807, 2.05) is 0 Å². The molecule has 0 bridgehead atoms. The van der Waals surface area contributed by atoms with Gasteiger partial charge < -0.3 is 15.7 Å². The summed E-state index contributed by atoms with van der Waals surface area (Å²) in [7, 11) is 0. The van der Waals surface area contributed by atoms with Gasteiger partial charge in [-0.25, -0.2) is 9.18 Å². The summed E-state index contributed by atoms with van der Waals surface area (Å²) in [6, 6.07) is 3.70. The van der Waals surface area contributed by atoms with Crippen molar-refractivity contribution >= 4 is 17.7 Å². The van der Waals surface area contributed by atoms with Crippen LogP contribution >= 0.6 is 0 Å². The van der Waals surface area contributed by atoms with E-state index in [0.29, 0.717) is 0 Å². The number of carboxylic acids is 1. The van der Waals surface area contributed by atoms with E-state index in [9.17, 15) is 14.0 Å². The quantitative estimate of drug-likeness (QED) is 0.785. The number of nitrogens with one attached hydrogen (secondary N) is 2. The van der Waals surface area contributed by atoms with Crippen molar-refractivity contribution in [3.8, 4) is 0 Å². The third-order valence-corrected chi connectivity index (χ3v) is 2.42. The number of hydrogen-bond acceptors (Lipinski definition) is 2. The first-order valence-electron chi connectivity index (χ1n) is 5.77. The maximum absolute atomic E-state index is 13.4. The number of carbonyl (C=O) groups excluding carboxylic acids is 1. The minimum absolute atomic E-state index is 0.0589. The standard InChI is InChI=1S/C13H17FN2O3/c1-8-4-5-9(14)10(6-8)15-12(19)16-13(2,3)7-11(17)18/h4-6H,7H2,1-3H3,(H,17,18)(H2,15,16,19). The van der Waals surface area contributed by atoms with Crippen LogP contribution in [0.2, 0.25) is 0 Å². The van der Waals surface area contributed by atoms with Crippen molar-refractivity contribution in [1.82, 2.24) is 5.32 Å². The van der Waals surface area contributed by atoms with Crippen LogP contribution in [0, 0.1) is 12.7 Å². The second-order valence-corrected chi connectivity index (χ2v) is 5.02. The molecule has 0 radical (unpaired) electrons. The molecule has 0 fully saturated rings. The average Bonchev–Trinajstić information content (AvgIpc) is 2.20. The van der Waals surface area contributed by atoms with Crippen molar-refractivity contribution in [2.45, 2.75) is 32.7 Å². The number of rotatable bonds is 4. The lowest BCUT2D eigenvalue weighted by molar-refractivity contribution is -0.138. The van der Waals surface area contributed by atoms with Crippen LogP contribution in [0.4, 0.5) is 14.9 Å². The topological polar surface area (TPSA) is 78.4 Å². The van der Waals surface area contributed by atoms with Crippen LogP contribution in [0.3, 0.4) is 0 Å². The number of carboxylic acid groups (broad SMARTS) is 1. The predicted molar refractivity (Wildman–Crippen MR) is 69.6 cm³/mol. The summed E-state index contributed by atoms with van der Waals surface area (Å²) in [6.07, 6.45) is -0.225. The lowest BCUT2D eigenvalue weighted by Crippen LogP contribution is -2.46. The van der Waals surface area contributed by atoms with Gasteiger partial charge in [0.1, 0.15) is 5.82 Å². The smallest absolute Gasteiger partial charge is 0.319 e. The number of amides is 2. The highest BCUT2D eigenvalue weighted by Gasteiger charge is 2.24. The van der Waals surface area contributed by atoms with Gasteiger partial charge in [0.2, 0.25) is 0 Å². The maximum atomic E-state index is 13.4. The molecule has 0 heterocycles. The Kier molecular flexibility index (Phi) is 4.47. The number of halogens is 1. The van der Waals surface area contributed by atoms with E-state index in [0.717, 1.165) is 5.56 Å². The van der Waals surface area contributed by atoms with Gasteiger partial charge in [0.15, 0.2) is 0 Å². The molecule has 19 heavy (non-hydrogen) atoms. The molecule has 0 atom stereocenters. The van der Waals surface area contributed by atoms with Crippen molar-refractivity contribution in [3.05, 3.63) is 29.6 Å². The fourth-order valence-electron chi connectivity index (χ4n) is 1.62. The summed E-state index contributed by atoms with van der Waals surface area (Å²) in [5, 5.41) is 13.5. The third-order valence-electron chi connectivity index (χ3n) is 2.42. The minimum atomic E-state index is -1.02. The second kappa shape index (κ2) is 5.69. The second-order valence-electron chi connectivity index (χ2n) is 5.02. The molecule has 1 aromatic carbocycles. The zero-order valence-electron chi connectivity index (χ0n) is 11.1. The Morgan fingerprint density at radius 3 is 2.58 bits per heavy atom. The lowest BCUT2D eigenvalue weighted by atomic mass is 10.0. The van der Waals surface area contributed by atoms with Gasteiger partial charge in [-0.1, -0.05) is 6.07 Å². The van der Waals surface area contributed by atoms with Gasteiger partial charge in [0.25, 0.3) is 0 Å². The normalized spacial score (nSPS) is 10.9. The average molecular weight is 268 g/mol. The first-order valence-corrected chi connectivity index (χ1v) is 5.77. The fraction of sp³-hybridized carbons (Fsp3) is 0.385. The summed E-state index contributed by atoms with van der Waals surface area (Å²) < 4.78 is 13.4. The largest absolute Gasteiger partial charge is 0.481 e. The molecule has 2 amide bonds. The third kappa shape index (κ3) is 4.95. The molecule has 0 aliphatic rings. The number of anilines is 1. The van der Waals surface area contributed by atoms with Gasteiger partial charge in [0.05, 0.1) is 12.1 Å². The molecular formula is C13H17FN2O3. The zero-order valence-corrected chi connectivity index (χ0v) is 11.1. The molecule has 6 heteroatoms. The van der Waals surface area contributed by atoms with Crippen LogP contribution in [0.5, 0.6) is 0 Å². The van der Waals surface area contributed by atoms with E-state index in [4.69, 9.17) is 5.11 Å². The van der Waals surface area contributed by atoms with Crippen molar-refractivity contribution in [3.63, 3.8) is 0 Å². The monoisotopic (exact) mass is 268 g/mol. The van der Waals surface area contributed by atoms with Gasteiger partial charge in [-0.05, 0) is 38.5 Å². The summed E-state index contributed by atoms with van der Waals surface area (Å²) in [5.41, 5.74) is -0.0546. The van der Waals surface area contributed by atoms with E-state index in [1.165, 1.54) is 12.1 Å². The molecule has 3 N–H and O–H groups in total. The fourth-order valence-corrected chi connectivity index (χ4v) is 1.62. The first kappa shape index (κ1) is 14.9. The molecule has 0 aliphatic heterocycles. The van der Waals surface area contributed by atoms with Crippen molar-refractivity contribution in [2.24, 2.45) is 0 Å². The van der Waals surface area contributed by atoms with E-state index >= 15 is 0 Å². The van der Waals surface area contributed by atoms with Crippen LogP contribution in [-0.2, 0) is 4.79 Å². The number of urea groups is 1. The number of aryl methyl sites for hydroxylation is 1. The van der Waals surface area contributed by atoms with Gasteiger partial charge in [-0.2, -0.15) is 0 Å². The van der Waals surface area contributed by atoms with Crippen LogP contribution in [0.15, 0.2) is 18.2 Å². The molecule has 0 unspecified atom stereocenters. The Bertz CT molecular complexity index is 501. The van der Waals surface area contributed by atoms with Crippen molar-refractivity contribution in [1.29, 1.82) is 0 Å². The molecule has 0 aliphatic carbocycles. The van der Waals surface area contributed by atoms with Gasteiger partial charge >= 0.3 is 12.0 Å². The summed E-state index contributed by atoms with van der Waals surface area (Å²) in [4.78, 5) is 22.3. The molecule has 1 aromatic rings. The Morgan fingerprint density at radius 1 is 1.37 bits per heavy atom. The highest BCUT2D eigenvalue weighted by Crippen LogP contribution is 2.16. The highest BCUT2D eigenvalue weighted by molar-refractivity contribution is 5.90. The van der Waals surface area contributed by atoms with E-state index < -0.39 is 23.4 Å². The first-order chi connectivity index (χ1) is 8.69. The Balaban J connectivity index is 2.70. The van der Waals surface area contributed by atoms with Gasteiger partial charge in [0, 0.05) is 5.54 Å². The van der Waals surface area contributed by atoms with E-state index in [2.05, 4.69) is 10.6 Å². The summed E-state index contributed by atoms with van der Waals surface area (Å²) in [5.74, 6) is -1.57. The Hall–Kier alpha value is -2.11. The Labute approximate surface area is 110 Å². The van der Waals surface area contributed by atoms with E-state index in [-0.39, 0.29) is 12.1 Å². The summed E-state index contributed by atoms with van der Waals surface area (Å²) in [6.45, 7) is 4.93. The van der Waals surface area contributed by atoms with Gasteiger partial charge in [-0.3, -0.25) is 4.79 Å². The summed E-state index contributed by atoms with van der Waals surface area (Å²) >= 11 is 0. The number of carbonyl (C=O) groups is 2. The SMILES string of the molecule is Cc1ccc(F)c(NC(=O)NC(C)(C)CC(=O)O)c1. The van der Waals surface area contributed by atoms with Crippen molar-refractivity contribution in [2.75, 3.05) is 5.32 Å². The molecule has 5 nitrogen and oxygen atoms in total. The van der Waals surface area contributed by atoms with Crippen LogP contribution in [0.1, 0.15) is 25.8 Å². The molecule has 0 spiro atoms. The van der Waals surface area contributed by atoms with Crippen molar-refractivity contribution < 1.29 is 19.1 Å². The number of aliphatic carboxylic acids is 1. The molecule has 1 rings (SSSR count). The molecular weight excluding hydrogens is 251 g/mol. The minimum Gasteiger partial charge on any atom is -0.481 e. The van der Waals surface area contributed by atoms with Crippen LogP contribution in [0.25, 0.3) is 0 Å². The Morgan fingerprint density at radius 2 is 2.00 bits per heavy atom. The van der Waals surface area contributed by atoms with Crippen LogP contribution < -0.4 is 10.6 Å². The molecule has 0 aromatic heterocycles. The maximum Gasteiger partial charge on any atom is 0.319 e. The van der Waals surface area contributed by atoms with Gasteiger partial charge in [-0.15, -0.1) is 0 Å². The molecule has 0 saturated carbocycles. The number of benzene rings is 1.